The van der Waals surface area contributed by atoms with Crippen molar-refractivity contribution >= 4 is 47.0 Å². The molecule has 5 aromatic rings. The number of hydrogen-bond acceptors (Lipinski definition) is 9. The van der Waals surface area contributed by atoms with Crippen molar-refractivity contribution < 1.29 is 9.47 Å². The highest BCUT2D eigenvalue weighted by Crippen LogP contribution is 2.28. The van der Waals surface area contributed by atoms with Gasteiger partial charge < -0.3 is 20.1 Å². The molecule has 4 aromatic carbocycles. The first-order valence-electron chi connectivity index (χ1n) is 12.4. The van der Waals surface area contributed by atoms with Crippen molar-refractivity contribution in [1.29, 1.82) is 0 Å². The molecule has 0 aliphatic heterocycles. The highest BCUT2D eigenvalue weighted by atomic mass is 35.5. The van der Waals surface area contributed by atoms with Gasteiger partial charge in [0.05, 0.1) is 13.3 Å². The highest BCUT2D eigenvalue weighted by Gasteiger charge is 2.09. The lowest BCUT2D eigenvalue weighted by Gasteiger charge is -2.12. The number of anilines is 5. The van der Waals surface area contributed by atoms with Crippen LogP contribution < -0.4 is 25.5 Å². The number of ether oxygens (including phenoxy) is 2. The fourth-order valence-electron chi connectivity index (χ4n) is 3.63. The molecule has 5 rings (SSSR count). The van der Waals surface area contributed by atoms with E-state index >= 15 is 0 Å². The zero-order valence-corrected chi connectivity index (χ0v) is 22.3. The summed E-state index contributed by atoms with van der Waals surface area (Å²) in [5.41, 5.74) is 6.37. The van der Waals surface area contributed by atoms with Gasteiger partial charge in [-0.1, -0.05) is 60.1 Å². The summed E-state index contributed by atoms with van der Waals surface area (Å²) in [4.78, 5) is 13.4. The van der Waals surface area contributed by atoms with Crippen molar-refractivity contribution in [1.82, 2.24) is 15.0 Å². The number of nitrogens with one attached hydrogen (secondary N) is 3. The molecular formula is C30H26ClN7O2. The molecule has 9 nitrogen and oxygen atoms in total. The van der Waals surface area contributed by atoms with Crippen molar-refractivity contribution in [2.24, 2.45) is 5.10 Å². The lowest BCUT2D eigenvalue weighted by molar-refractivity contribution is 0.284. The zero-order chi connectivity index (χ0) is 27.6. The van der Waals surface area contributed by atoms with E-state index in [0.717, 1.165) is 22.5 Å². The maximum Gasteiger partial charge on any atom is 0.250 e. The molecule has 0 saturated carbocycles. The predicted octanol–water partition coefficient (Wildman–Crippen LogP) is 7.05. The Hall–Kier alpha value is -5.15. The molecule has 0 aliphatic rings. The van der Waals surface area contributed by atoms with Gasteiger partial charge in [0, 0.05) is 16.4 Å². The van der Waals surface area contributed by atoms with E-state index in [0.29, 0.717) is 35.0 Å². The predicted molar refractivity (Wildman–Crippen MR) is 159 cm³/mol. The first kappa shape index (κ1) is 26.5. The van der Waals surface area contributed by atoms with Crippen molar-refractivity contribution in [3.8, 4) is 11.5 Å². The van der Waals surface area contributed by atoms with Gasteiger partial charge in [0.15, 0.2) is 11.5 Å². The molecule has 0 radical (unpaired) electrons. The molecular weight excluding hydrogens is 526 g/mol. The molecule has 1 aromatic heterocycles. The largest absolute Gasteiger partial charge is 0.493 e. The summed E-state index contributed by atoms with van der Waals surface area (Å²) in [5.74, 6) is 2.19. The molecule has 0 aliphatic carbocycles. The number of halogens is 1. The minimum absolute atomic E-state index is 0.260. The van der Waals surface area contributed by atoms with E-state index in [1.807, 2.05) is 103 Å². The topological polar surface area (TPSA) is 106 Å². The van der Waals surface area contributed by atoms with Gasteiger partial charge in [-0.15, -0.1) is 0 Å². The first-order chi connectivity index (χ1) is 19.6. The average molecular weight is 552 g/mol. The fraction of sp³-hybridized carbons (Fsp3) is 0.0667. The molecule has 40 heavy (non-hydrogen) atoms. The van der Waals surface area contributed by atoms with Crippen LogP contribution >= 0.6 is 11.6 Å². The summed E-state index contributed by atoms with van der Waals surface area (Å²) in [6.07, 6.45) is 1.65. The van der Waals surface area contributed by atoms with Crippen LogP contribution in [0.15, 0.2) is 108 Å². The lowest BCUT2D eigenvalue weighted by atomic mass is 10.2. The third kappa shape index (κ3) is 7.46. The molecule has 0 atom stereocenters. The number of hydrazone groups is 1. The lowest BCUT2D eigenvalue weighted by Crippen LogP contribution is -2.07. The van der Waals surface area contributed by atoms with Crippen LogP contribution in [0.2, 0.25) is 5.02 Å². The van der Waals surface area contributed by atoms with Gasteiger partial charge in [-0.25, -0.2) is 5.43 Å². The molecule has 0 bridgehead atoms. The molecule has 0 spiro atoms. The van der Waals surface area contributed by atoms with Crippen molar-refractivity contribution in [2.45, 2.75) is 6.61 Å². The molecule has 0 fully saturated rings. The van der Waals surface area contributed by atoms with E-state index in [1.54, 1.807) is 13.3 Å². The number of nitrogens with zero attached hydrogens (tertiary/aromatic N) is 4. The van der Waals surface area contributed by atoms with Crippen molar-refractivity contribution in [3.05, 3.63) is 119 Å². The van der Waals surface area contributed by atoms with Gasteiger partial charge in [0.25, 0.3) is 0 Å². The van der Waals surface area contributed by atoms with Crippen LogP contribution in [-0.2, 0) is 6.61 Å². The minimum atomic E-state index is 0.260. The highest BCUT2D eigenvalue weighted by molar-refractivity contribution is 6.30. The number of para-hydroxylation sites is 2. The van der Waals surface area contributed by atoms with E-state index in [4.69, 9.17) is 21.1 Å². The summed E-state index contributed by atoms with van der Waals surface area (Å²) in [5, 5.41) is 11.4. The van der Waals surface area contributed by atoms with Crippen LogP contribution in [0.4, 0.5) is 29.2 Å². The number of methoxy groups -OCH3 is 1. The Bertz CT molecular complexity index is 1510. The fourth-order valence-corrected chi connectivity index (χ4v) is 3.76. The van der Waals surface area contributed by atoms with Crippen LogP contribution in [0, 0.1) is 0 Å². The second-order valence-corrected chi connectivity index (χ2v) is 8.92. The summed E-state index contributed by atoms with van der Waals surface area (Å²) < 4.78 is 11.5. The Morgan fingerprint density at radius 1 is 0.725 bits per heavy atom. The van der Waals surface area contributed by atoms with Gasteiger partial charge >= 0.3 is 0 Å². The van der Waals surface area contributed by atoms with Gasteiger partial charge in [0.1, 0.15) is 6.61 Å². The Kier molecular flexibility index (Phi) is 8.65. The van der Waals surface area contributed by atoms with Gasteiger partial charge in [-0.3, -0.25) is 0 Å². The summed E-state index contributed by atoms with van der Waals surface area (Å²) in [6, 6.07) is 32.3. The van der Waals surface area contributed by atoms with Crippen LogP contribution in [0.5, 0.6) is 11.5 Å². The third-order valence-corrected chi connectivity index (χ3v) is 5.82. The summed E-state index contributed by atoms with van der Waals surface area (Å²) in [7, 11) is 1.60. The second-order valence-electron chi connectivity index (χ2n) is 8.48. The van der Waals surface area contributed by atoms with Gasteiger partial charge in [0.2, 0.25) is 17.8 Å². The monoisotopic (exact) mass is 551 g/mol. The van der Waals surface area contributed by atoms with Crippen LogP contribution in [0.25, 0.3) is 0 Å². The Labute approximate surface area is 236 Å². The van der Waals surface area contributed by atoms with E-state index in [-0.39, 0.29) is 5.95 Å². The first-order valence-corrected chi connectivity index (χ1v) is 12.8. The molecule has 3 N–H and O–H groups in total. The number of rotatable bonds is 11. The van der Waals surface area contributed by atoms with E-state index in [9.17, 15) is 0 Å². The molecule has 10 heteroatoms. The molecule has 200 valence electrons. The molecule has 0 amide bonds. The quantitative estimate of drug-likeness (QED) is 0.118. The van der Waals surface area contributed by atoms with E-state index < -0.39 is 0 Å². The summed E-state index contributed by atoms with van der Waals surface area (Å²) >= 11 is 5.98. The average Bonchev–Trinajstić information content (AvgIpc) is 2.98. The third-order valence-electron chi connectivity index (χ3n) is 5.57. The maximum absolute atomic E-state index is 6.00. The number of benzene rings is 4. The van der Waals surface area contributed by atoms with E-state index in [1.165, 1.54) is 0 Å². The zero-order valence-electron chi connectivity index (χ0n) is 21.6. The van der Waals surface area contributed by atoms with Crippen LogP contribution in [-0.4, -0.2) is 28.3 Å². The SMILES string of the molecule is COc1ccc(/C=N/Nc2nc(Nc3ccccc3)nc(Nc3ccccc3)n2)cc1OCc1ccc(Cl)cc1. The van der Waals surface area contributed by atoms with Gasteiger partial charge in [-0.2, -0.15) is 20.1 Å². The minimum Gasteiger partial charge on any atom is -0.493 e. The molecule has 0 saturated heterocycles. The van der Waals surface area contributed by atoms with Crippen molar-refractivity contribution in [2.75, 3.05) is 23.2 Å². The van der Waals surface area contributed by atoms with Gasteiger partial charge in [-0.05, 0) is 65.7 Å². The van der Waals surface area contributed by atoms with Crippen LogP contribution in [0.1, 0.15) is 11.1 Å². The van der Waals surface area contributed by atoms with Crippen LogP contribution in [0.3, 0.4) is 0 Å². The van der Waals surface area contributed by atoms with Crippen molar-refractivity contribution in [3.63, 3.8) is 0 Å². The Balaban J connectivity index is 1.32. The standard InChI is InChI=1S/C30H26ClN7O2/c1-39-26-17-14-22(18-27(26)40-20-21-12-15-23(31)16-13-21)19-32-38-30-36-28(33-24-8-4-2-5-9-24)35-29(37-30)34-25-10-6-3-7-11-25/h2-19H,20H2,1H3,(H3,33,34,35,36,37,38)/b32-19+. The Morgan fingerprint density at radius 2 is 1.32 bits per heavy atom. The number of hydrogen-bond donors (Lipinski definition) is 3. The summed E-state index contributed by atoms with van der Waals surface area (Å²) in [6.45, 7) is 0.367. The number of aromatic nitrogens is 3. The van der Waals surface area contributed by atoms with E-state index in [2.05, 4.69) is 36.1 Å². The second kappa shape index (κ2) is 13.1. The normalized spacial score (nSPS) is 10.8. The smallest absolute Gasteiger partial charge is 0.250 e. The molecule has 1 heterocycles. The Morgan fingerprint density at radius 3 is 1.93 bits per heavy atom. The molecule has 0 unspecified atom stereocenters. The maximum atomic E-state index is 6.00.